The second kappa shape index (κ2) is 4.74. The number of piperidine rings is 1. The summed E-state index contributed by atoms with van der Waals surface area (Å²) in [5.74, 6) is 0.342. The minimum Gasteiger partial charge on any atom is -0.481 e. The van der Waals surface area contributed by atoms with E-state index in [0.29, 0.717) is 5.88 Å². The number of methoxy groups -OCH3 is 1. The number of ether oxygens (including phenoxy) is 3. The average molecular weight is 250 g/mol. The van der Waals surface area contributed by atoms with Crippen molar-refractivity contribution in [1.29, 1.82) is 0 Å². The quantitative estimate of drug-likeness (QED) is 0.794. The number of rotatable bonds is 2. The van der Waals surface area contributed by atoms with E-state index < -0.39 is 0 Å². The third-order valence-electron chi connectivity index (χ3n) is 3.63. The van der Waals surface area contributed by atoms with Crippen molar-refractivity contribution in [3.05, 3.63) is 18.3 Å². The molecule has 0 unspecified atom stereocenters. The molecule has 2 fully saturated rings. The Hall–Kier alpha value is -1.33. The van der Waals surface area contributed by atoms with E-state index in [0.717, 1.165) is 44.8 Å². The first-order valence-corrected chi connectivity index (χ1v) is 6.34. The maximum absolute atomic E-state index is 5.72. The van der Waals surface area contributed by atoms with Gasteiger partial charge in [-0.1, -0.05) is 0 Å². The van der Waals surface area contributed by atoms with Gasteiger partial charge < -0.3 is 19.1 Å². The van der Waals surface area contributed by atoms with Crippen molar-refractivity contribution in [2.45, 2.75) is 18.6 Å². The zero-order valence-electron chi connectivity index (χ0n) is 10.6. The number of pyridine rings is 1. The molecule has 0 N–H and O–H groups in total. The molecule has 0 atom stereocenters. The highest BCUT2D eigenvalue weighted by Gasteiger charge is 2.39. The molecule has 2 saturated heterocycles. The number of hydrogen-bond acceptors (Lipinski definition) is 5. The van der Waals surface area contributed by atoms with Crippen molar-refractivity contribution in [2.24, 2.45) is 0 Å². The third kappa shape index (κ3) is 2.15. The van der Waals surface area contributed by atoms with Crippen molar-refractivity contribution in [1.82, 2.24) is 4.98 Å². The number of nitrogens with zero attached hydrogens (tertiary/aromatic N) is 2. The second-order valence-electron chi connectivity index (χ2n) is 4.65. The van der Waals surface area contributed by atoms with Crippen molar-refractivity contribution in [2.75, 3.05) is 38.3 Å². The summed E-state index contributed by atoms with van der Waals surface area (Å²) in [7, 11) is 1.64. The fourth-order valence-corrected chi connectivity index (χ4v) is 2.60. The molecule has 3 heterocycles. The van der Waals surface area contributed by atoms with E-state index >= 15 is 0 Å². The molecule has 0 aromatic carbocycles. The van der Waals surface area contributed by atoms with Crippen LogP contribution in [0.2, 0.25) is 0 Å². The van der Waals surface area contributed by atoms with Gasteiger partial charge in [0, 0.05) is 43.9 Å². The number of anilines is 1. The Bertz CT molecular complexity index is 408. The monoisotopic (exact) mass is 250 g/mol. The van der Waals surface area contributed by atoms with Crippen LogP contribution in [0.15, 0.2) is 18.3 Å². The van der Waals surface area contributed by atoms with Gasteiger partial charge in [0.15, 0.2) is 5.79 Å². The molecule has 5 nitrogen and oxygen atoms in total. The normalized spacial score (nSPS) is 22.4. The second-order valence-corrected chi connectivity index (χ2v) is 4.65. The van der Waals surface area contributed by atoms with Gasteiger partial charge in [-0.15, -0.1) is 0 Å². The first-order chi connectivity index (χ1) is 8.81. The highest BCUT2D eigenvalue weighted by molar-refractivity contribution is 5.48. The van der Waals surface area contributed by atoms with Crippen molar-refractivity contribution >= 4 is 5.69 Å². The molecule has 18 heavy (non-hydrogen) atoms. The summed E-state index contributed by atoms with van der Waals surface area (Å²) in [4.78, 5) is 6.45. The summed E-state index contributed by atoms with van der Waals surface area (Å²) in [6.07, 6.45) is 3.61. The Kier molecular flexibility index (Phi) is 3.09. The van der Waals surface area contributed by atoms with Gasteiger partial charge in [-0.2, -0.15) is 0 Å². The zero-order chi connectivity index (χ0) is 12.4. The molecular weight excluding hydrogens is 232 g/mol. The van der Waals surface area contributed by atoms with Crippen molar-refractivity contribution in [3.63, 3.8) is 0 Å². The van der Waals surface area contributed by atoms with Crippen LogP contribution in [-0.2, 0) is 9.47 Å². The Labute approximate surface area is 107 Å². The molecule has 1 aromatic rings. The number of hydrogen-bond donors (Lipinski definition) is 0. The first-order valence-electron chi connectivity index (χ1n) is 6.34. The first kappa shape index (κ1) is 11.7. The number of aromatic nitrogens is 1. The van der Waals surface area contributed by atoms with Gasteiger partial charge in [0.05, 0.1) is 20.3 Å². The van der Waals surface area contributed by atoms with Crippen LogP contribution in [-0.4, -0.2) is 44.2 Å². The largest absolute Gasteiger partial charge is 0.481 e. The maximum Gasteiger partial charge on any atom is 0.214 e. The molecule has 98 valence electrons. The Morgan fingerprint density at radius 1 is 1.28 bits per heavy atom. The smallest absolute Gasteiger partial charge is 0.214 e. The highest BCUT2D eigenvalue weighted by atomic mass is 16.7. The van der Waals surface area contributed by atoms with Crippen LogP contribution in [0.4, 0.5) is 5.69 Å². The summed E-state index contributed by atoms with van der Waals surface area (Å²) in [5, 5.41) is 0. The lowest BCUT2D eigenvalue weighted by atomic mass is 10.0. The molecule has 0 aliphatic carbocycles. The van der Waals surface area contributed by atoms with Gasteiger partial charge in [-0.25, -0.2) is 4.98 Å². The molecule has 2 aliphatic heterocycles. The Balaban J connectivity index is 1.68. The summed E-state index contributed by atoms with van der Waals surface area (Å²) in [6, 6.07) is 3.98. The fraction of sp³-hybridized carbons (Fsp3) is 0.615. The van der Waals surface area contributed by atoms with E-state index in [9.17, 15) is 0 Å². The van der Waals surface area contributed by atoms with E-state index in [-0.39, 0.29) is 5.79 Å². The van der Waals surface area contributed by atoms with Crippen LogP contribution in [0.5, 0.6) is 5.88 Å². The average Bonchev–Trinajstić information content (AvgIpc) is 2.88. The van der Waals surface area contributed by atoms with E-state index in [1.165, 1.54) is 0 Å². The fourth-order valence-electron chi connectivity index (χ4n) is 2.60. The lowest BCUT2D eigenvalue weighted by Crippen LogP contribution is -2.45. The van der Waals surface area contributed by atoms with E-state index in [1.807, 2.05) is 12.1 Å². The van der Waals surface area contributed by atoms with E-state index in [4.69, 9.17) is 14.2 Å². The Morgan fingerprint density at radius 3 is 2.67 bits per heavy atom. The molecule has 3 rings (SSSR count). The Morgan fingerprint density at radius 2 is 2.00 bits per heavy atom. The molecule has 2 aliphatic rings. The van der Waals surface area contributed by atoms with Crippen LogP contribution < -0.4 is 9.64 Å². The molecular formula is C13H18N2O3. The van der Waals surface area contributed by atoms with Crippen molar-refractivity contribution in [3.8, 4) is 5.88 Å². The lowest BCUT2D eigenvalue weighted by Gasteiger charge is -2.38. The third-order valence-corrected chi connectivity index (χ3v) is 3.63. The maximum atomic E-state index is 5.72. The SMILES string of the molecule is COc1cc(N2CCC3(CC2)OCCO3)ccn1. The summed E-state index contributed by atoms with van der Waals surface area (Å²) >= 11 is 0. The summed E-state index contributed by atoms with van der Waals surface area (Å²) < 4.78 is 16.6. The van der Waals surface area contributed by atoms with Gasteiger partial charge in [-0.05, 0) is 6.07 Å². The molecule has 0 radical (unpaired) electrons. The van der Waals surface area contributed by atoms with Gasteiger partial charge in [0.25, 0.3) is 0 Å². The minimum atomic E-state index is -0.312. The van der Waals surface area contributed by atoms with Crippen LogP contribution in [0.25, 0.3) is 0 Å². The lowest BCUT2D eigenvalue weighted by molar-refractivity contribution is -0.169. The summed E-state index contributed by atoms with van der Waals surface area (Å²) in [6.45, 7) is 3.33. The molecule has 0 saturated carbocycles. The molecule has 1 spiro atoms. The molecule has 5 heteroatoms. The predicted octanol–water partition coefficient (Wildman–Crippen LogP) is 1.43. The van der Waals surface area contributed by atoms with Crippen LogP contribution >= 0.6 is 0 Å². The zero-order valence-corrected chi connectivity index (χ0v) is 10.6. The minimum absolute atomic E-state index is 0.312. The van der Waals surface area contributed by atoms with Gasteiger partial charge >= 0.3 is 0 Å². The van der Waals surface area contributed by atoms with Gasteiger partial charge in [0.1, 0.15) is 0 Å². The summed E-state index contributed by atoms with van der Waals surface area (Å²) in [5.41, 5.74) is 1.15. The molecule has 1 aromatic heterocycles. The molecule has 0 amide bonds. The van der Waals surface area contributed by atoms with E-state index in [2.05, 4.69) is 9.88 Å². The van der Waals surface area contributed by atoms with Crippen LogP contribution in [0.1, 0.15) is 12.8 Å². The van der Waals surface area contributed by atoms with Gasteiger partial charge in [0.2, 0.25) is 5.88 Å². The predicted molar refractivity (Wildman–Crippen MR) is 66.9 cm³/mol. The van der Waals surface area contributed by atoms with E-state index in [1.54, 1.807) is 13.3 Å². The van der Waals surface area contributed by atoms with Crippen LogP contribution in [0.3, 0.4) is 0 Å². The van der Waals surface area contributed by atoms with Gasteiger partial charge in [-0.3, -0.25) is 0 Å². The topological polar surface area (TPSA) is 43.8 Å². The standard InChI is InChI=1S/C13H18N2O3/c1-16-12-10-11(2-5-14-12)15-6-3-13(4-7-15)17-8-9-18-13/h2,5,10H,3-4,6-9H2,1H3. The highest BCUT2D eigenvalue weighted by Crippen LogP contribution is 2.33. The van der Waals surface area contributed by atoms with Crippen LogP contribution in [0, 0.1) is 0 Å². The van der Waals surface area contributed by atoms with Crippen molar-refractivity contribution < 1.29 is 14.2 Å². The molecule has 0 bridgehead atoms.